The van der Waals surface area contributed by atoms with E-state index in [0.29, 0.717) is 27.8 Å². The zero-order chi connectivity index (χ0) is 25.1. The molecule has 0 spiro atoms. The monoisotopic (exact) mass is 552 g/mol. The van der Waals surface area contributed by atoms with Gasteiger partial charge in [-0.2, -0.15) is 8.78 Å². The van der Waals surface area contributed by atoms with Crippen molar-refractivity contribution in [3.8, 4) is 11.5 Å². The van der Waals surface area contributed by atoms with Crippen molar-refractivity contribution in [3.05, 3.63) is 52.3 Å². The van der Waals surface area contributed by atoms with Crippen molar-refractivity contribution in [1.29, 1.82) is 0 Å². The molecule has 1 aliphatic rings. The van der Waals surface area contributed by atoms with Gasteiger partial charge in [0, 0.05) is 25.4 Å². The van der Waals surface area contributed by atoms with Gasteiger partial charge in [-0.05, 0) is 67.1 Å². The number of halogens is 4. The van der Waals surface area contributed by atoms with E-state index in [4.69, 9.17) is 4.42 Å². The number of hydrogen-bond acceptors (Lipinski definition) is 7. The molecule has 8 nitrogen and oxygen atoms in total. The fourth-order valence-corrected chi connectivity index (χ4v) is 4.39. The first-order valence-electron chi connectivity index (χ1n) is 11.0. The van der Waals surface area contributed by atoms with Crippen LogP contribution >= 0.6 is 15.9 Å². The number of pyridine rings is 1. The van der Waals surface area contributed by atoms with Crippen LogP contribution in [-0.2, 0) is 11.3 Å². The summed E-state index contributed by atoms with van der Waals surface area (Å²) in [5.41, 5.74) is 2.02. The average molecular weight is 553 g/mol. The van der Waals surface area contributed by atoms with Crippen molar-refractivity contribution in [1.82, 2.24) is 20.1 Å². The Hall–Kier alpha value is -2.99. The minimum absolute atomic E-state index is 0.0746. The van der Waals surface area contributed by atoms with Crippen LogP contribution in [0.4, 0.5) is 24.5 Å². The van der Waals surface area contributed by atoms with Crippen LogP contribution in [0.5, 0.6) is 0 Å². The highest BCUT2D eigenvalue weighted by atomic mass is 79.9. The highest BCUT2D eigenvalue weighted by Gasteiger charge is 2.25. The van der Waals surface area contributed by atoms with Crippen LogP contribution in [0, 0.1) is 5.82 Å². The molecule has 1 aromatic carbocycles. The molecule has 0 atom stereocenters. The first-order valence-corrected chi connectivity index (χ1v) is 11.7. The van der Waals surface area contributed by atoms with Gasteiger partial charge in [0.15, 0.2) is 0 Å². The Bertz CT molecular complexity index is 1170. The van der Waals surface area contributed by atoms with Gasteiger partial charge in [-0.1, -0.05) is 0 Å². The predicted octanol–water partition coefficient (Wildman–Crippen LogP) is 4.66. The molecule has 3 aromatic rings. The minimum atomic E-state index is -2.86. The third kappa shape index (κ3) is 5.64. The maximum Gasteiger partial charge on any atom is 0.314 e. The van der Waals surface area contributed by atoms with E-state index in [1.807, 2.05) is 7.05 Å². The SMILES string of the molecule is CN1CCC(N(C)c2cc(Br)c(F)cc2N(C=O)Cc2ccc(-c3nnc(C(F)F)o3)cn2)CC1. The van der Waals surface area contributed by atoms with Gasteiger partial charge in [0.25, 0.3) is 5.89 Å². The second-order valence-corrected chi connectivity index (χ2v) is 9.27. The van der Waals surface area contributed by atoms with E-state index in [2.05, 4.69) is 48.0 Å². The van der Waals surface area contributed by atoms with Crippen molar-refractivity contribution in [2.24, 2.45) is 0 Å². The number of nitrogens with zero attached hydrogens (tertiary/aromatic N) is 6. The fourth-order valence-electron chi connectivity index (χ4n) is 4.06. The molecule has 0 N–H and O–H groups in total. The van der Waals surface area contributed by atoms with E-state index in [9.17, 15) is 18.0 Å². The Balaban J connectivity index is 1.57. The summed E-state index contributed by atoms with van der Waals surface area (Å²) in [4.78, 5) is 22.1. The van der Waals surface area contributed by atoms with Crippen LogP contribution < -0.4 is 9.80 Å². The number of rotatable bonds is 8. The molecule has 1 saturated heterocycles. The largest absolute Gasteiger partial charge is 0.415 e. The second kappa shape index (κ2) is 10.7. The highest BCUT2D eigenvalue weighted by Crippen LogP contribution is 2.36. The third-order valence-electron chi connectivity index (χ3n) is 6.10. The number of carbonyl (C=O) groups is 1. The number of carbonyl (C=O) groups excluding carboxylic acids is 1. The standard InChI is InChI=1S/C23H24BrF3N6O2/c1-31-7-5-16(6-8-31)32(2)19-9-17(24)18(25)10-20(19)33(13-34)12-15-4-3-14(11-28-15)22-29-30-23(35-22)21(26)27/h3-4,9-11,13,16,21H,5-8,12H2,1-2H3. The molecule has 2 aromatic heterocycles. The van der Waals surface area contributed by atoms with E-state index in [0.717, 1.165) is 31.6 Å². The van der Waals surface area contributed by atoms with Crippen LogP contribution in [0.2, 0.25) is 0 Å². The summed E-state index contributed by atoms with van der Waals surface area (Å²) in [6.07, 6.45) is 1.08. The summed E-state index contributed by atoms with van der Waals surface area (Å²) in [6.45, 7) is 1.99. The smallest absolute Gasteiger partial charge is 0.314 e. The van der Waals surface area contributed by atoms with E-state index in [-0.39, 0.29) is 18.5 Å². The van der Waals surface area contributed by atoms with Crippen molar-refractivity contribution in [3.63, 3.8) is 0 Å². The van der Waals surface area contributed by atoms with Crippen molar-refractivity contribution >= 4 is 33.7 Å². The zero-order valence-corrected chi connectivity index (χ0v) is 20.8. The van der Waals surface area contributed by atoms with E-state index in [1.165, 1.54) is 17.2 Å². The van der Waals surface area contributed by atoms with Gasteiger partial charge >= 0.3 is 6.43 Å². The molecule has 186 valence electrons. The molecule has 0 saturated carbocycles. The lowest BCUT2D eigenvalue weighted by Gasteiger charge is -2.38. The quantitative estimate of drug-likeness (QED) is 0.376. The topological polar surface area (TPSA) is 78.6 Å². The average Bonchev–Trinajstić information content (AvgIpc) is 3.35. The molecule has 3 heterocycles. The van der Waals surface area contributed by atoms with Gasteiger partial charge in [-0.3, -0.25) is 9.78 Å². The molecular formula is C23H24BrF3N6O2. The molecule has 4 rings (SSSR count). The number of benzene rings is 1. The molecule has 0 aliphatic carbocycles. The fraction of sp³-hybridized carbons (Fsp3) is 0.391. The molecule has 1 amide bonds. The molecule has 1 aliphatic heterocycles. The van der Waals surface area contributed by atoms with Crippen LogP contribution in [0.15, 0.2) is 39.4 Å². The molecular weight excluding hydrogens is 529 g/mol. The Morgan fingerprint density at radius 2 is 1.97 bits per heavy atom. The van der Waals surface area contributed by atoms with Crippen molar-refractivity contribution in [2.45, 2.75) is 31.9 Å². The van der Waals surface area contributed by atoms with Gasteiger partial charge in [0.2, 0.25) is 12.3 Å². The number of alkyl halides is 2. The molecule has 1 fully saturated rings. The van der Waals surface area contributed by atoms with E-state index >= 15 is 0 Å². The number of hydrogen-bond donors (Lipinski definition) is 0. The van der Waals surface area contributed by atoms with Gasteiger partial charge in [0.05, 0.1) is 33.6 Å². The Kier molecular flexibility index (Phi) is 7.70. The number of amides is 1. The predicted molar refractivity (Wildman–Crippen MR) is 128 cm³/mol. The minimum Gasteiger partial charge on any atom is -0.415 e. The summed E-state index contributed by atoms with van der Waals surface area (Å²) in [5.74, 6) is -1.33. The maximum atomic E-state index is 14.5. The first kappa shape index (κ1) is 25.1. The normalized spacial score (nSPS) is 14.9. The summed E-state index contributed by atoms with van der Waals surface area (Å²) in [6, 6.07) is 6.47. The van der Waals surface area contributed by atoms with Crippen molar-refractivity contribution in [2.75, 3.05) is 37.0 Å². The third-order valence-corrected chi connectivity index (χ3v) is 6.71. The molecule has 12 heteroatoms. The summed E-state index contributed by atoms with van der Waals surface area (Å²) in [5, 5.41) is 6.91. The van der Waals surface area contributed by atoms with Gasteiger partial charge in [-0.25, -0.2) is 4.39 Å². The molecule has 0 unspecified atom stereocenters. The van der Waals surface area contributed by atoms with Gasteiger partial charge in [-0.15, -0.1) is 10.2 Å². The van der Waals surface area contributed by atoms with Crippen LogP contribution in [-0.4, -0.2) is 59.7 Å². The molecule has 0 bridgehead atoms. The first-order chi connectivity index (χ1) is 16.8. The molecule has 0 radical (unpaired) electrons. The summed E-state index contributed by atoms with van der Waals surface area (Å²) in [7, 11) is 4.03. The Morgan fingerprint density at radius 3 is 2.57 bits per heavy atom. The van der Waals surface area contributed by atoms with Crippen molar-refractivity contribution < 1.29 is 22.4 Å². The van der Waals surface area contributed by atoms with Crippen LogP contribution in [0.1, 0.15) is 30.9 Å². The lowest BCUT2D eigenvalue weighted by molar-refractivity contribution is -0.107. The van der Waals surface area contributed by atoms with Gasteiger partial charge < -0.3 is 19.1 Å². The number of aromatic nitrogens is 3. The van der Waals surface area contributed by atoms with E-state index in [1.54, 1.807) is 18.2 Å². The summed E-state index contributed by atoms with van der Waals surface area (Å²) < 4.78 is 45.2. The van der Waals surface area contributed by atoms with Gasteiger partial charge in [0.1, 0.15) is 5.82 Å². The lowest BCUT2D eigenvalue weighted by atomic mass is 10.0. The number of likely N-dealkylation sites (tertiary alicyclic amines) is 1. The second-order valence-electron chi connectivity index (χ2n) is 8.42. The zero-order valence-electron chi connectivity index (χ0n) is 19.2. The Morgan fingerprint density at radius 1 is 1.23 bits per heavy atom. The maximum absolute atomic E-state index is 14.5. The lowest BCUT2D eigenvalue weighted by Crippen LogP contribution is -2.42. The highest BCUT2D eigenvalue weighted by molar-refractivity contribution is 9.10. The van der Waals surface area contributed by atoms with Crippen LogP contribution in [0.25, 0.3) is 11.5 Å². The van der Waals surface area contributed by atoms with Crippen LogP contribution in [0.3, 0.4) is 0 Å². The van der Waals surface area contributed by atoms with E-state index < -0.39 is 18.1 Å². The Labute approximate surface area is 208 Å². The number of anilines is 2. The summed E-state index contributed by atoms with van der Waals surface area (Å²) >= 11 is 3.26. The molecule has 35 heavy (non-hydrogen) atoms. The number of piperidine rings is 1.